The molecule has 1 aromatic heterocycles. The molecule has 2 aromatic rings. The zero-order valence-corrected chi connectivity index (χ0v) is 16.4. The molecule has 0 saturated heterocycles. The maximum absolute atomic E-state index is 13.0. The molecule has 0 aliphatic carbocycles. The van der Waals surface area contributed by atoms with E-state index in [-0.39, 0.29) is 18.4 Å². The van der Waals surface area contributed by atoms with E-state index in [0.717, 1.165) is 5.56 Å². The highest BCUT2D eigenvalue weighted by Gasteiger charge is 2.29. The first kappa shape index (κ1) is 20.5. The Labute approximate surface area is 161 Å². The van der Waals surface area contributed by atoms with Crippen LogP contribution in [0.1, 0.15) is 32.1 Å². The van der Waals surface area contributed by atoms with Crippen molar-refractivity contribution < 1.29 is 14.0 Å². The van der Waals surface area contributed by atoms with Crippen LogP contribution < -0.4 is 0 Å². The lowest BCUT2D eigenvalue weighted by Gasteiger charge is -2.30. The number of carbonyl (C=O) groups is 2. The Balaban J connectivity index is 2.17. The number of amides is 2. The maximum Gasteiger partial charge on any atom is 0.242 e. The standard InChI is InChI=1S/C22H28N2O3/c1-5-13-23(21(26)22(2,3)4)17-20(25)24(16-19-12-9-14-27-19)15-18-10-7-6-8-11-18/h5-12,14H,1,13,15-17H2,2-4H3. The van der Waals surface area contributed by atoms with Gasteiger partial charge in [0.05, 0.1) is 12.8 Å². The fraction of sp³-hybridized carbons (Fsp3) is 0.364. The Morgan fingerprint density at radius 2 is 1.74 bits per heavy atom. The normalized spacial score (nSPS) is 11.1. The summed E-state index contributed by atoms with van der Waals surface area (Å²) < 4.78 is 5.42. The third-order valence-corrected chi connectivity index (χ3v) is 4.10. The average molecular weight is 368 g/mol. The first-order valence-corrected chi connectivity index (χ1v) is 9.05. The van der Waals surface area contributed by atoms with Gasteiger partial charge in [-0.05, 0) is 17.7 Å². The van der Waals surface area contributed by atoms with Crippen molar-refractivity contribution in [1.29, 1.82) is 0 Å². The molecule has 0 fully saturated rings. The number of furan rings is 1. The minimum Gasteiger partial charge on any atom is -0.467 e. The summed E-state index contributed by atoms with van der Waals surface area (Å²) in [5, 5.41) is 0. The Morgan fingerprint density at radius 1 is 1.04 bits per heavy atom. The number of benzene rings is 1. The molecule has 1 aromatic carbocycles. The van der Waals surface area contributed by atoms with Gasteiger partial charge in [0.2, 0.25) is 11.8 Å². The molecule has 5 heteroatoms. The van der Waals surface area contributed by atoms with E-state index in [4.69, 9.17) is 4.42 Å². The van der Waals surface area contributed by atoms with Gasteiger partial charge in [0.15, 0.2) is 0 Å². The first-order valence-electron chi connectivity index (χ1n) is 9.05. The first-order chi connectivity index (χ1) is 12.8. The second-order valence-corrected chi connectivity index (χ2v) is 7.54. The molecule has 0 radical (unpaired) electrons. The summed E-state index contributed by atoms with van der Waals surface area (Å²) in [5.74, 6) is 0.500. The molecule has 144 valence electrons. The van der Waals surface area contributed by atoms with Crippen LogP contribution in [0.15, 0.2) is 65.8 Å². The Hall–Kier alpha value is -2.82. The highest BCUT2D eigenvalue weighted by molar-refractivity contribution is 5.87. The summed E-state index contributed by atoms with van der Waals surface area (Å²) in [7, 11) is 0. The van der Waals surface area contributed by atoms with Gasteiger partial charge in [-0.25, -0.2) is 0 Å². The zero-order valence-electron chi connectivity index (χ0n) is 16.4. The van der Waals surface area contributed by atoms with Crippen molar-refractivity contribution in [2.45, 2.75) is 33.9 Å². The Morgan fingerprint density at radius 3 is 2.30 bits per heavy atom. The van der Waals surface area contributed by atoms with E-state index in [1.807, 2.05) is 57.2 Å². The minimum atomic E-state index is -0.561. The lowest BCUT2D eigenvalue weighted by Crippen LogP contribution is -2.46. The van der Waals surface area contributed by atoms with Crippen LogP contribution in [0.4, 0.5) is 0 Å². The molecule has 0 bridgehead atoms. The van der Waals surface area contributed by atoms with E-state index in [1.54, 1.807) is 28.2 Å². The zero-order chi connectivity index (χ0) is 19.9. The summed E-state index contributed by atoms with van der Waals surface area (Å²) in [6.07, 6.45) is 3.23. The number of hydrogen-bond acceptors (Lipinski definition) is 3. The van der Waals surface area contributed by atoms with Gasteiger partial charge in [-0.15, -0.1) is 6.58 Å². The number of nitrogens with zero attached hydrogens (tertiary/aromatic N) is 2. The van der Waals surface area contributed by atoms with Crippen LogP contribution in [-0.2, 0) is 22.7 Å². The number of hydrogen-bond donors (Lipinski definition) is 0. The summed E-state index contributed by atoms with van der Waals surface area (Å²) >= 11 is 0. The van der Waals surface area contributed by atoms with Gasteiger partial charge in [0.25, 0.3) is 0 Å². The Bertz CT molecular complexity index is 746. The molecule has 27 heavy (non-hydrogen) atoms. The van der Waals surface area contributed by atoms with Gasteiger partial charge < -0.3 is 14.2 Å². The van der Waals surface area contributed by atoms with Crippen molar-refractivity contribution in [3.05, 3.63) is 72.7 Å². The molecule has 1 heterocycles. The van der Waals surface area contributed by atoms with E-state index in [9.17, 15) is 9.59 Å². The van der Waals surface area contributed by atoms with Crippen molar-refractivity contribution >= 4 is 11.8 Å². The Kier molecular flexibility index (Phi) is 6.99. The lowest BCUT2D eigenvalue weighted by molar-refractivity contribution is -0.145. The van der Waals surface area contributed by atoms with Crippen molar-refractivity contribution in [2.75, 3.05) is 13.1 Å². The van der Waals surface area contributed by atoms with Gasteiger partial charge in [0, 0.05) is 18.5 Å². The average Bonchev–Trinajstić information content (AvgIpc) is 3.13. The summed E-state index contributed by atoms with van der Waals surface area (Å²) in [6.45, 7) is 10.4. The SMILES string of the molecule is C=CCN(CC(=O)N(Cc1ccccc1)Cc1ccco1)C(=O)C(C)(C)C. The monoisotopic (exact) mass is 368 g/mol. The summed E-state index contributed by atoms with van der Waals surface area (Å²) in [5.41, 5.74) is 0.462. The van der Waals surface area contributed by atoms with Crippen molar-refractivity contribution in [2.24, 2.45) is 5.41 Å². The fourth-order valence-electron chi connectivity index (χ4n) is 2.74. The van der Waals surface area contributed by atoms with Crippen LogP contribution in [0.25, 0.3) is 0 Å². The van der Waals surface area contributed by atoms with Crippen LogP contribution in [-0.4, -0.2) is 34.7 Å². The summed E-state index contributed by atoms with van der Waals surface area (Å²) in [4.78, 5) is 29.0. The van der Waals surface area contributed by atoms with E-state index < -0.39 is 5.41 Å². The van der Waals surface area contributed by atoms with E-state index >= 15 is 0 Å². The van der Waals surface area contributed by atoms with Crippen LogP contribution in [0.5, 0.6) is 0 Å². The van der Waals surface area contributed by atoms with Crippen LogP contribution in [0.2, 0.25) is 0 Å². The third kappa shape index (κ3) is 6.13. The molecule has 0 aliphatic rings. The molecule has 0 aliphatic heterocycles. The largest absolute Gasteiger partial charge is 0.467 e. The predicted molar refractivity (Wildman–Crippen MR) is 106 cm³/mol. The second kappa shape index (κ2) is 9.21. The highest BCUT2D eigenvalue weighted by atomic mass is 16.3. The third-order valence-electron chi connectivity index (χ3n) is 4.10. The van der Waals surface area contributed by atoms with Gasteiger partial charge in [-0.1, -0.05) is 57.2 Å². The molecular weight excluding hydrogens is 340 g/mol. The molecule has 0 N–H and O–H groups in total. The van der Waals surface area contributed by atoms with Crippen molar-refractivity contribution in [3.63, 3.8) is 0 Å². The van der Waals surface area contributed by atoms with Crippen LogP contribution in [0, 0.1) is 5.41 Å². The molecular formula is C22H28N2O3. The van der Waals surface area contributed by atoms with Gasteiger partial charge in [-0.2, -0.15) is 0 Å². The predicted octanol–water partition coefficient (Wildman–Crippen LogP) is 3.87. The van der Waals surface area contributed by atoms with Gasteiger partial charge >= 0.3 is 0 Å². The number of carbonyl (C=O) groups excluding carboxylic acids is 2. The lowest BCUT2D eigenvalue weighted by atomic mass is 9.94. The smallest absolute Gasteiger partial charge is 0.242 e. The van der Waals surface area contributed by atoms with Gasteiger partial charge in [-0.3, -0.25) is 9.59 Å². The van der Waals surface area contributed by atoms with Crippen molar-refractivity contribution in [3.8, 4) is 0 Å². The van der Waals surface area contributed by atoms with Crippen molar-refractivity contribution in [1.82, 2.24) is 9.80 Å². The van der Waals surface area contributed by atoms with E-state index in [2.05, 4.69) is 6.58 Å². The van der Waals surface area contributed by atoms with E-state index in [1.165, 1.54) is 0 Å². The number of rotatable bonds is 8. The minimum absolute atomic E-state index is 0.00959. The molecule has 0 unspecified atom stereocenters. The van der Waals surface area contributed by atoms with Gasteiger partial charge in [0.1, 0.15) is 12.3 Å². The quantitative estimate of drug-likeness (QED) is 0.665. The fourth-order valence-corrected chi connectivity index (χ4v) is 2.74. The highest BCUT2D eigenvalue weighted by Crippen LogP contribution is 2.18. The molecule has 0 saturated carbocycles. The van der Waals surface area contributed by atoms with Crippen LogP contribution in [0.3, 0.4) is 0 Å². The molecule has 0 atom stereocenters. The second-order valence-electron chi connectivity index (χ2n) is 7.54. The topological polar surface area (TPSA) is 53.8 Å². The van der Waals surface area contributed by atoms with E-state index in [0.29, 0.717) is 25.4 Å². The summed E-state index contributed by atoms with van der Waals surface area (Å²) in [6, 6.07) is 13.4. The molecule has 2 rings (SSSR count). The molecule has 0 spiro atoms. The molecule has 2 amide bonds. The van der Waals surface area contributed by atoms with Crippen LogP contribution >= 0.6 is 0 Å². The molecule has 5 nitrogen and oxygen atoms in total. The maximum atomic E-state index is 13.0.